The zero-order valence-corrected chi connectivity index (χ0v) is 18.0. The largest absolute Gasteiger partial charge is 0.222 e. The summed E-state index contributed by atoms with van der Waals surface area (Å²) in [7, 11) is -2.80. The van der Waals surface area contributed by atoms with Crippen molar-refractivity contribution in [3.63, 3.8) is 0 Å². The van der Waals surface area contributed by atoms with Gasteiger partial charge in [0.25, 0.3) is 0 Å². The van der Waals surface area contributed by atoms with E-state index in [1.54, 1.807) is 0 Å². The van der Waals surface area contributed by atoms with Gasteiger partial charge in [0.2, 0.25) is 11.4 Å². The van der Waals surface area contributed by atoms with Gasteiger partial charge in [-0.05, 0) is 42.3 Å². The highest BCUT2D eigenvalue weighted by Gasteiger charge is 2.19. The van der Waals surface area contributed by atoms with Crippen LogP contribution in [0.3, 0.4) is 0 Å². The summed E-state index contributed by atoms with van der Waals surface area (Å²) in [4.78, 5) is 0. The summed E-state index contributed by atoms with van der Waals surface area (Å²) in [5, 5.41) is 0. The Morgan fingerprint density at radius 1 is 0.548 bits per heavy atom. The predicted molar refractivity (Wildman–Crippen MR) is 109 cm³/mol. The van der Waals surface area contributed by atoms with Crippen molar-refractivity contribution in [3.05, 3.63) is 103 Å². The summed E-state index contributed by atoms with van der Waals surface area (Å²) in [6.07, 6.45) is 0. The fourth-order valence-electron chi connectivity index (χ4n) is 3.34. The van der Waals surface area contributed by atoms with E-state index in [2.05, 4.69) is 116 Å². The van der Waals surface area contributed by atoms with Gasteiger partial charge in [0, 0.05) is 23.3 Å². The van der Waals surface area contributed by atoms with Crippen molar-refractivity contribution < 1.29 is 33.4 Å². The SMILES string of the molecule is Cc1ccc(-c2cc(-c3ccccc3)[n+](C)c(-c3ccccc3)c2)cc1.[O-][Cl+3]([O-])([O-])[O-]. The summed E-state index contributed by atoms with van der Waals surface area (Å²) < 4.78 is 36.3. The van der Waals surface area contributed by atoms with E-state index in [0.29, 0.717) is 0 Å². The molecule has 6 heteroatoms. The van der Waals surface area contributed by atoms with Gasteiger partial charge < -0.3 is 0 Å². The predicted octanol–water partition coefficient (Wildman–Crippen LogP) is 1.06. The molecule has 1 aromatic heterocycles. The zero-order chi connectivity index (χ0) is 22.4. The molecule has 5 nitrogen and oxygen atoms in total. The fourth-order valence-corrected chi connectivity index (χ4v) is 3.34. The van der Waals surface area contributed by atoms with Crippen LogP contribution in [0.2, 0.25) is 0 Å². The van der Waals surface area contributed by atoms with Crippen molar-refractivity contribution >= 4 is 0 Å². The molecule has 4 aromatic rings. The molecule has 0 spiro atoms. The highest BCUT2D eigenvalue weighted by Crippen LogP contribution is 2.28. The minimum atomic E-state index is -4.94. The molecule has 0 saturated carbocycles. The van der Waals surface area contributed by atoms with Crippen LogP contribution in [0.1, 0.15) is 5.56 Å². The molecular weight excluding hydrogens is 414 g/mol. The average Bonchev–Trinajstić information content (AvgIpc) is 2.75. The lowest BCUT2D eigenvalue weighted by Crippen LogP contribution is -2.68. The molecule has 0 N–H and O–H groups in total. The normalized spacial score (nSPS) is 10.9. The van der Waals surface area contributed by atoms with Crippen LogP contribution in [0.5, 0.6) is 0 Å². The smallest absolute Gasteiger partial charge is 0.213 e. The second-order valence-electron chi connectivity index (χ2n) is 7.05. The van der Waals surface area contributed by atoms with E-state index in [1.165, 1.54) is 39.2 Å². The van der Waals surface area contributed by atoms with E-state index in [-0.39, 0.29) is 0 Å². The van der Waals surface area contributed by atoms with E-state index in [1.807, 2.05) is 0 Å². The van der Waals surface area contributed by atoms with E-state index in [4.69, 9.17) is 18.6 Å². The second kappa shape index (κ2) is 9.83. The molecule has 1 heterocycles. The maximum absolute atomic E-state index is 8.49. The lowest BCUT2D eigenvalue weighted by molar-refractivity contribution is -2.00. The van der Waals surface area contributed by atoms with E-state index < -0.39 is 10.2 Å². The number of halogens is 1. The van der Waals surface area contributed by atoms with Crippen LogP contribution in [0.4, 0.5) is 0 Å². The molecule has 0 amide bonds. The second-order valence-corrected chi connectivity index (χ2v) is 7.81. The third-order valence-corrected chi connectivity index (χ3v) is 4.83. The Balaban J connectivity index is 0.000000491. The van der Waals surface area contributed by atoms with Crippen LogP contribution in [-0.2, 0) is 7.05 Å². The lowest BCUT2D eigenvalue weighted by Gasteiger charge is -2.17. The zero-order valence-electron chi connectivity index (χ0n) is 17.2. The van der Waals surface area contributed by atoms with Crippen molar-refractivity contribution in [1.82, 2.24) is 0 Å². The third-order valence-electron chi connectivity index (χ3n) is 4.83. The van der Waals surface area contributed by atoms with Gasteiger partial charge in [-0.25, -0.2) is 18.6 Å². The Hall–Kier alpha value is -3.06. The molecule has 0 aliphatic carbocycles. The first-order valence-corrected chi connectivity index (χ1v) is 10.8. The molecular formula is C25H22ClNO4. The summed E-state index contributed by atoms with van der Waals surface area (Å²) >= 11 is 0. The lowest BCUT2D eigenvalue weighted by atomic mass is 9.98. The van der Waals surface area contributed by atoms with Crippen LogP contribution < -0.4 is 23.2 Å². The molecule has 0 bridgehead atoms. The number of benzene rings is 3. The van der Waals surface area contributed by atoms with Gasteiger partial charge >= 0.3 is 0 Å². The van der Waals surface area contributed by atoms with Crippen molar-refractivity contribution in [2.45, 2.75) is 6.92 Å². The summed E-state index contributed by atoms with van der Waals surface area (Å²) in [6.45, 7) is 2.12. The van der Waals surface area contributed by atoms with Crippen LogP contribution in [0.15, 0.2) is 97.1 Å². The first kappa shape index (κ1) is 22.6. The van der Waals surface area contributed by atoms with Gasteiger partial charge in [0.1, 0.15) is 7.05 Å². The maximum atomic E-state index is 8.49. The third kappa shape index (κ3) is 6.46. The van der Waals surface area contributed by atoms with E-state index in [9.17, 15) is 0 Å². The summed E-state index contributed by atoms with van der Waals surface area (Å²) in [5.41, 5.74) is 8.63. The number of nitrogens with zero attached hydrogens (tertiary/aromatic N) is 1. The van der Waals surface area contributed by atoms with Crippen LogP contribution in [-0.4, -0.2) is 0 Å². The van der Waals surface area contributed by atoms with E-state index in [0.717, 1.165) is 0 Å². The molecule has 3 aromatic carbocycles. The average molecular weight is 436 g/mol. The van der Waals surface area contributed by atoms with Crippen molar-refractivity contribution in [2.24, 2.45) is 7.05 Å². The molecule has 0 unspecified atom stereocenters. The quantitative estimate of drug-likeness (QED) is 0.449. The monoisotopic (exact) mass is 435 g/mol. The first-order chi connectivity index (χ1) is 14.7. The maximum Gasteiger partial charge on any atom is 0.213 e. The topological polar surface area (TPSA) is 96.1 Å². The highest BCUT2D eigenvalue weighted by atomic mass is 35.7. The van der Waals surface area contributed by atoms with Gasteiger partial charge in [-0.2, -0.15) is 4.57 Å². The molecule has 31 heavy (non-hydrogen) atoms. The van der Waals surface area contributed by atoms with Crippen molar-refractivity contribution in [2.75, 3.05) is 0 Å². The molecule has 158 valence electrons. The number of hydrogen-bond donors (Lipinski definition) is 0. The van der Waals surface area contributed by atoms with Crippen molar-refractivity contribution in [1.29, 1.82) is 0 Å². The number of pyridine rings is 1. The minimum absolute atomic E-state index is 1.21. The number of hydrogen-bond acceptors (Lipinski definition) is 4. The summed E-state index contributed by atoms with van der Waals surface area (Å²) in [6, 6.07) is 34.5. The van der Waals surface area contributed by atoms with Gasteiger partial charge in [0.05, 0.1) is 0 Å². The first-order valence-electron chi connectivity index (χ1n) is 9.56. The Bertz CT molecular complexity index is 1060. The molecule has 0 atom stereocenters. The van der Waals surface area contributed by atoms with Gasteiger partial charge in [-0.1, -0.05) is 66.2 Å². The molecule has 0 aliphatic heterocycles. The highest BCUT2D eigenvalue weighted by molar-refractivity contribution is 5.73. The molecule has 0 saturated heterocycles. The van der Waals surface area contributed by atoms with Gasteiger partial charge in [-0.3, -0.25) is 0 Å². The number of rotatable bonds is 3. The van der Waals surface area contributed by atoms with Crippen LogP contribution in [0.25, 0.3) is 33.6 Å². The fraction of sp³-hybridized carbons (Fsp3) is 0.0800. The summed E-state index contributed by atoms with van der Waals surface area (Å²) in [5.74, 6) is 0. The Kier molecular flexibility index (Phi) is 7.17. The standard InChI is InChI=1S/C25H22N.ClHO4/c1-19-13-15-20(16-14-19)23-17-24(21-9-5-3-6-10-21)26(2)25(18-23)22-11-7-4-8-12-22;2-1(3,4)5/h3-18H,1-2H3;(H,2,3,4,5)/q+1;/p-1. The van der Waals surface area contributed by atoms with Crippen molar-refractivity contribution in [3.8, 4) is 33.6 Å². The minimum Gasteiger partial charge on any atom is -0.222 e. The van der Waals surface area contributed by atoms with Gasteiger partial charge in [-0.15, -0.1) is 10.2 Å². The molecule has 0 fully saturated rings. The Morgan fingerprint density at radius 3 is 1.32 bits per heavy atom. The van der Waals surface area contributed by atoms with E-state index >= 15 is 0 Å². The Labute approximate surface area is 183 Å². The Morgan fingerprint density at radius 2 is 0.935 bits per heavy atom. The van der Waals surface area contributed by atoms with Gasteiger partial charge in [0.15, 0.2) is 0 Å². The van der Waals surface area contributed by atoms with Crippen LogP contribution in [0, 0.1) is 17.2 Å². The molecule has 0 radical (unpaired) electrons. The number of aromatic nitrogens is 1. The molecule has 0 aliphatic rings. The van der Waals surface area contributed by atoms with Crippen LogP contribution >= 0.6 is 0 Å². The molecule has 4 rings (SSSR count). The number of aryl methyl sites for hydroxylation is 1.